The summed E-state index contributed by atoms with van der Waals surface area (Å²) in [5.74, 6) is -0.195. The number of rotatable bonds is 6. The van der Waals surface area contributed by atoms with Crippen molar-refractivity contribution in [1.29, 1.82) is 0 Å². The highest BCUT2D eigenvalue weighted by atomic mass is 16.1. The fraction of sp³-hybridized carbons (Fsp3) is 0.211. The molecule has 0 fully saturated rings. The van der Waals surface area contributed by atoms with Crippen LogP contribution in [-0.4, -0.2) is 25.5 Å². The third kappa shape index (κ3) is 4.44. The number of anilines is 1. The monoisotopic (exact) mass is 335 g/mol. The molecule has 1 aromatic carbocycles. The van der Waals surface area contributed by atoms with Gasteiger partial charge in [-0.3, -0.25) is 14.2 Å². The zero-order valence-corrected chi connectivity index (χ0v) is 14.4. The minimum atomic E-state index is -0.195. The summed E-state index contributed by atoms with van der Waals surface area (Å²) >= 11 is 0. The lowest BCUT2D eigenvalue weighted by Crippen LogP contribution is -2.07. The van der Waals surface area contributed by atoms with Gasteiger partial charge in [-0.15, -0.1) is 0 Å². The number of carbonyl (C=O) groups excluding carboxylic acids is 1. The van der Waals surface area contributed by atoms with Gasteiger partial charge in [0.2, 0.25) is 5.91 Å². The molecule has 1 N–H and O–H groups in total. The standard InChI is InChI=1S/C19H21N5O/c1-3-23-12-16(10-20-23)8-9-19(25)22-18-11-21-24(14-18)13-17-7-5-4-6-15(17)2/h4-12,14H,3,13H2,1-2H3,(H,22,25)/b9-8+. The quantitative estimate of drug-likeness (QED) is 0.704. The van der Waals surface area contributed by atoms with Gasteiger partial charge >= 0.3 is 0 Å². The summed E-state index contributed by atoms with van der Waals surface area (Å²) in [6.45, 7) is 5.57. The Morgan fingerprint density at radius 3 is 2.72 bits per heavy atom. The number of aryl methyl sites for hydroxylation is 2. The molecule has 25 heavy (non-hydrogen) atoms. The molecule has 0 unspecified atom stereocenters. The van der Waals surface area contributed by atoms with Crippen LogP contribution in [0.4, 0.5) is 5.69 Å². The molecule has 0 saturated carbocycles. The lowest BCUT2D eigenvalue weighted by atomic mass is 10.1. The molecule has 6 heteroatoms. The van der Waals surface area contributed by atoms with Crippen molar-refractivity contribution in [3.05, 3.63) is 71.8 Å². The molecular weight excluding hydrogens is 314 g/mol. The highest BCUT2D eigenvalue weighted by molar-refractivity contribution is 6.01. The minimum Gasteiger partial charge on any atom is -0.320 e. The third-order valence-electron chi connectivity index (χ3n) is 3.90. The molecule has 0 aliphatic rings. The average molecular weight is 335 g/mol. The van der Waals surface area contributed by atoms with Gasteiger partial charge in [-0.05, 0) is 31.1 Å². The number of nitrogens with one attached hydrogen (secondary N) is 1. The van der Waals surface area contributed by atoms with E-state index in [9.17, 15) is 4.79 Å². The Labute approximate surface area is 146 Å². The molecule has 2 heterocycles. The second kappa shape index (κ2) is 7.61. The molecule has 0 aliphatic heterocycles. The summed E-state index contributed by atoms with van der Waals surface area (Å²) in [5.41, 5.74) is 4.00. The Morgan fingerprint density at radius 1 is 1.16 bits per heavy atom. The maximum atomic E-state index is 12.0. The number of hydrogen-bond donors (Lipinski definition) is 1. The zero-order chi connectivity index (χ0) is 17.6. The third-order valence-corrected chi connectivity index (χ3v) is 3.90. The summed E-state index contributed by atoms with van der Waals surface area (Å²) in [5, 5.41) is 11.3. The van der Waals surface area contributed by atoms with E-state index < -0.39 is 0 Å². The highest BCUT2D eigenvalue weighted by Crippen LogP contribution is 2.11. The molecule has 128 valence electrons. The number of benzene rings is 1. The molecule has 0 bridgehead atoms. The van der Waals surface area contributed by atoms with E-state index >= 15 is 0 Å². The largest absolute Gasteiger partial charge is 0.320 e. The summed E-state index contributed by atoms with van der Waals surface area (Å²) in [7, 11) is 0. The Morgan fingerprint density at radius 2 is 1.96 bits per heavy atom. The second-order valence-corrected chi connectivity index (χ2v) is 5.81. The molecule has 0 radical (unpaired) electrons. The van der Waals surface area contributed by atoms with Crippen molar-refractivity contribution in [2.24, 2.45) is 0 Å². The van der Waals surface area contributed by atoms with E-state index in [-0.39, 0.29) is 5.91 Å². The molecule has 0 atom stereocenters. The molecule has 1 amide bonds. The number of amides is 1. The van der Waals surface area contributed by atoms with Crippen LogP contribution in [0.2, 0.25) is 0 Å². The normalized spacial score (nSPS) is 11.1. The van der Waals surface area contributed by atoms with Crippen LogP contribution >= 0.6 is 0 Å². The predicted octanol–water partition coefficient (Wildman–Crippen LogP) is 3.11. The summed E-state index contributed by atoms with van der Waals surface area (Å²) in [6, 6.07) is 8.19. The lowest BCUT2D eigenvalue weighted by molar-refractivity contribution is -0.111. The van der Waals surface area contributed by atoms with Crippen molar-refractivity contribution in [3.8, 4) is 0 Å². The summed E-state index contributed by atoms with van der Waals surface area (Å²) in [6.07, 6.45) is 10.3. The van der Waals surface area contributed by atoms with Gasteiger partial charge in [0.15, 0.2) is 0 Å². The van der Waals surface area contributed by atoms with Crippen molar-refractivity contribution in [1.82, 2.24) is 19.6 Å². The van der Waals surface area contributed by atoms with Crippen LogP contribution in [0.15, 0.2) is 55.1 Å². The SMILES string of the molecule is CCn1cc(/C=C/C(=O)Nc2cnn(Cc3ccccc3C)c2)cn1. The Bertz CT molecular complexity index is 891. The van der Waals surface area contributed by atoms with Crippen LogP contribution in [0.1, 0.15) is 23.6 Å². The summed E-state index contributed by atoms with van der Waals surface area (Å²) in [4.78, 5) is 12.0. The van der Waals surface area contributed by atoms with Gasteiger partial charge in [0, 0.05) is 30.6 Å². The number of carbonyl (C=O) groups is 1. The van der Waals surface area contributed by atoms with E-state index in [1.807, 2.05) is 40.8 Å². The maximum absolute atomic E-state index is 12.0. The van der Waals surface area contributed by atoms with Crippen molar-refractivity contribution in [2.45, 2.75) is 26.9 Å². The molecule has 2 aromatic heterocycles. The Kier molecular flexibility index (Phi) is 5.09. The Balaban J connectivity index is 1.59. The van der Waals surface area contributed by atoms with E-state index in [1.165, 1.54) is 17.2 Å². The topological polar surface area (TPSA) is 64.7 Å². The highest BCUT2D eigenvalue weighted by Gasteiger charge is 2.04. The maximum Gasteiger partial charge on any atom is 0.248 e. The van der Waals surface area contributed by atoms with Crippen LogP contribution in [0, 0.1) is 6.92 Å². The van der Waals surface area contributed by atoms with Crippen LogP contribution in [0.3, 0.4) is 0 Å². The fourth-order valence-corrected chi connectivity index (χ4v) is 2.47. The molecule has 0 aliphatic carbocycles. The van der Waals surface area contributed by atoms with Gasteiger partial charge in [-0.2, -0.15) is 10.2 Å². The van der Waals surface area contributed by atoms with E-state index in [0.717, 1.165) is 12.1 Å². The van der Waals surface area contributed by atoms with E-state index in [4.69, 9.17) is 0 Å². The summed E-state index contributed by atoms with van der Waals surface area (Å²) < 4.78 is 3.63. The molecule has 0 spiro atoms. The first kappa shape index (κ1) is 16.7. The molecule has 3 rings (SSSR count). The van der Waals surface area contributed by atoms with E-state index in [1.54, 1.807) is 18.5 Å². The van der Waals surface area contributed by atoms with E-state index in [0.29, 0.717) is 12.2 Å². The van der Waals surface area contributed by atoms with Crippen LogP contribution in [-0.2, 0) is 17.9 Å². The smallest absolute Gasteiger partial charge is 0.248 e. The minimum absolute atomic E-state index is 0.195. The first-order chi connectivity index (χ1) is 12.1. The average Bonchev–Trinajstić information content (AvgIpc) is 3.24. The molecule has 0 saturated heterocycles. The van der Waals surface area contributed by atoms with Gasteiger partial charge in [-0.25, -0.2) is 0 Å². The molecular formula is C19H21N5O. The van der Waals surface area contributed by atoms with E-state index in [2.05, 4.69) is 34.6 Å². The van der Waals surface area contributed by atoms with Crippen LogP contribution < -0.4 is 5.32 Å². The number of aromatic nitrogens is 4. The first-order valence-corrected chi connectivity index (χ1v) is 8.22. The van der Waals surface area contributed by atoms with Gasteiger partial charge in [0.05, 0.1) is 24.6 Å². The van der Waals surface area contributed by atoms with Crippen molar-refractivity contribution < 1.29 is 4.79 Å². The zero-order valence-electron chi connectivity index (χ0n) is 14.4. The molecule has 6 nitrogen and oxygen atoms in total. The van der Waals surface area contributed by atoms with Gasteiger partial charge in [0.1, 0.15) is 0 Å². The lowest BCUT2D eigenvalue weighted by Gasteiger charge is -2.05. The van der Waals surface area contributed by atoms with Gasteiger partial charge < -0.3 is 5.32 Å². The molecule has 3 aromatic rings. The first-order valence-electron chi connectivity index (χ1n) is 8.22. The van der Waals surface area contributed by atoms with Gasteiger partial charge in [-0.1, -0.05) is 24.3 Å². The van der Waals surface area contributed by atoms with Crippen molar-refractivity contribution in [2.75, 3.05) is 5.32 Å². The number of nitrogens with zero attached hydrogens (tertiary/aromatic N) is 4. The Hall–Kier alpha value is -3.15. The fourth-order valence-electron chi connectivity index (χ4n) is 2.47. The van der Waals surface area contributed by atoms with Crippen LogP contribution in [0.5, 0.6) is 0 Å². The number of hydrogen-bond acceptors (Lipinski definition) is 3. The van der Waals surface area contributed by atoms with Crippen molar-refractivity contribution >= 4 is 17.7 Å². The van der Waals surface area contributed by atoms with Crippen LogP contribution in [0.25, 0.3) is 6.08 Å². The second-order valence-electron chi connectivity index (χ2n) is 5.81. The van der Waals surface area contributed by atoms with Crippen molar-refractivity contribution in [3.63, 3.8) is 0 Å². The van der Waals surface area contributed by atoms with Gasteiger partial charge in [0.25, 0.3) is 0 Å². The predicted molar refractivity (Wildman–Crippen MR) is 98.1 cm³/mol.